The van der Waals surface area contributed by atoms with Crippen molar-refractivity contribution in [1.29, 1.82) is 0 Å². The van der Waals surface area contributed by atoms with Crippen molar-refractivity contribution in [3.63, 3.8) is 0 Å². The molecule has 1 heterocycles. The quantitative estimate of drug-likeness (QED) is 0.600. The van der Waals surface area contributed by atoms with E-state index in [1.54, 1.807) is 0 Å². The van der Waals surface area contributed by atoms with E-state index >= 15 is 0 Å². The minimum Gasteiger partial charge on any atom is -0.455 e. The lowest BCUT2D eigenvalue weighted by Gasteiger charge is -2.26. The summed E-state index contributed by atoms with van der Waals surface area (Å²) in [7, 11) is 0. The number of aromatic nitrogens is 1. The minimum atomic E-state index is -0.449. The second-order valence-electron chi connectivity index (χ2n) is 7.56. The van der Waals surface area contributed by atoms with E-state index in [-0.39, 0.29) is 25.0 Å². The number of rotatable bonds is 6. The highest BCUT2D eigenvalue weighted by Crippen LogP contribution is 2.29. The first-order chi connectivity index (χ1) is 14.6. The number of carbonyl (C=O) groups is 2. The molecular weight excluding hydrogens is 396 g/mol. The van der Waals surface area contributed by atoms with Crippen molar-refractivity contribution in [2.75, 3.05) is 6.61 Å². The van der Waals surface area contributed by atoms with Gasteiger partial charge in [-0.05, 0) is 43.4 Å². The highest BCUT2D eigenvalue weighted by Gasteiger charge is 2.22. The molecule has 1 N–H and O–H groups in total. The number of hydrogen-bond acceptors (Lipinski definition) is 5. The van der Waals surface area contributed by atoms with E-state index in [1.807, 2.05) is 42.6 Å². The largest absolute Gasteiger partial charge is 0.455 e. The lowest BCUT2D eigenvalue weighted by molar-refractivity contribution is -0.148. The van der Waals surface area contributed by atoms with Crippen molar-refractivity contribution in [1.82, 2.24) is 10.3 Å². The van der Waals surface area contributed by atoms with Gasteiger partial charge in [0.25, 0.3) is 5.91 Å². The molecular formula is C24H24N2O3S. The molecule has 1 atom stereocenters. The zero-order valence-electron chi connectivity index (χ0n) is 16.9. The van der Waals surface area contributed by atoms with Crippen LogP contribution in [0.15, 0.2) is 53.9 Å². The van der Waals surface area contributed by atoms with Gasteiger partial charge in [0.05, 0.1) is 18.2 Å². The molecule has 30 heavy (non-hydrogen) atoms. The van der Waals surface area contributed by atoms with Gasteiger partial charge in [-0.1, -0.05) is 48.0 Å². The van der Waals surface area contributed by atoms with Gasteiger partial charge >= 0.3 is 5.97 Å². The molecule has 1 aliphatic carbocycles. The summed E-state index contributed by atoms with van der Waals surface area (Å²) in [5.41, 5.74) is 5.29. The average molecular weight is 421 g/mol. The fraction of sp³-hybridized carbons (Fsp3) is 0.292. The summed E-state index contributed by atoms with van der Waals surface area (Å²) >= 11 is 1.50. The van der Waals surface area contributed by atoms with Crippen LogP contribution < -0.4 is 5.32 Å². The van der Waals surface area contributed by atoms with Gasteiger partial charge in [0.1, 0.15) is 5.01 Å². The monoisotopic (exact) mass is 420 g/mol. The maximum absolute atomic E-state index is 12.3. The van der Waals surface area contributed by atoms with Crippen LogP contribution in [0, 0.1) is 6.92 Å². The number of fused-ring (bicyclic) bond motifs is 1. The fourth-order valence-electron chi connectivity index (χ4n) is 3.78. The molecule has 0 radical (unpaired) electrons. The molecule has 1 amide bonds. The average Bonchev–Trinajstić information content (AvgIpc) is 3.21. The zero-order valence-corrected chi connectivity index (χ0v) is 17.7. The van der Waals surface area contributed by atoms with Crippen LogP contribution >= 0.6 is 11.3 Å². The maximum atomic E-state index is 12.3. The van der Waals surface area contributed by atoms with E-state index in [4.69, 9.17) is 4.74 Å². The Morgan fingerprint density at radius 1 is 1.20 bits per heavy atom. The normalized spacial score (nSPS) is 15.3. The van der Waals surface area contributed by atoms with E-state index in [2.05, 4.69) is 28.5 Å². The molecule has 0 fully saturated rings. The van der Waals surface area contributed by atoms with Crippen molar-refractivity contribution in [2.45, 2.75) is 38.6 Å². The number of carbonyl (C=O) groups excluding carboxylic acids is 2. The first-order valence-corrected chi connectivity index (χ1v) is 11.0. The summed E-state index contributed by atoms with van der Waals surface area (Å²) in [5.74, 6) is -0.723. The van der Waals surface area contributed by atoms with Crippen molar-refractivity contribution in [3.05, 3.63) is 76.3 Å². The van der Waals surface area contributed by atoms with Gasteiger partial charge in [-0.15, -0.1) is 11.3 Å². The predicted molar refractivity (Wildman–Crippen MR) is 117 cm³/mol. The number of nitrogens with zero attached hydrogens (tertiary/aromatic N) is 1. The smallest absolute Gasteiger partial charge is 0.312 e. The summed E-state index contributed by atoms with van der Waals surface area (Å²) in [4.78, 5) is 29.0. The maximum Gasteiger partial charge on any atom is 0.312 e. The van der Waals surface area contributed by atoms with Crippen LogP contribution in [-0.4, -0.2) is 23.5 Å². The van der Waals surface area contributed by atoms with Crippen LogP contribution in [0.5, 0.6) is 0 Å². The van der Waals surface area contributed by atoms with Crippen LogP contribution in [0.4, 0.5) is 0 Å². The first-order valence-electron chi connectivity index (χ1n) is 10.1. The Hall–Kier alpha value is -2.99. The third-order valence-corrected chi connectivity index (χ3v) is 6.15. The number of nitrogens with one attached hydrogen (secondary N) is 1. The van der Waals surface area contributed by atoms with E-state index in [1.165, 1.54) is 16.9 Å². The van der Waals surface area contributed by atoms with Gasteiger partial charge in [-0.2, -0.15) is 0 Å². The van der Waals surface area contributed by atoms with Crippen molar-refractivity contribution in [2.24, 2.45) is 0 Å². The summed E-state index contributed by atoms with van der Waals surface area (Å²) in [5, 5.41) is 5.73. The molecule has 0 saturated heterocycles. The second kappa shape index (κ2) is 9.22. The summed E-state index contributed by atoms with van der Waals surface area (Å²) in [6, 6.07) is 16.2. The van der Waals surface area contributed by atoms with Crippen molar-refractivity contribution >= 4 is 23.2 Å². The van der Waals surface area contributed by atoms with E-state index < -0.39 is 5.97 Å². The van der Waals surface area contributed by atoms with Gasteiger partial charge in [-0.3, -0.25) is 9.59 Å². The molecule has 154 valence electrons. The molecule has 0 bridgehead atoms. The predicted octanol–water partition coefficient (Wildman–Crippen LogP) is 4.40. The van der Waals surface area contributed by atoms with Crippen LogP contribution in [0.3, 0.4) is 0 Å². The summed E-state index contributed by atoms with van der Waals surface area (Å²) in [6.07, 6.45) is 3.03. The van der Waals surface area contributed by atoms with Gasteiger partial charge < -0.3 is 10.1 Å². The Morgan fingerprint density at radius 3 is 2.93 bits per heavy atom. The second-order valence-corrected chi connectivity index (χ2v) is 8.42. The van der Waals surface area contributed by atoms with Crippen LogP contribution in [0.1, 0.15) is 41.3 Å². The van der Waals surface area contributed by atoms with Crippen molar-refractivity contribution < 1.29 is 14.3 Å². The number of hydrogen-bond donors (Lipinski definition) is 1. The van der Waals surface area contributed by atoms with E-state index in [0.717, 1.165) is 41.0 Å². The van der Waals surface area contributed by atoms with Crippen LogP contribution in [-0.2, 0) is 27.2 Å². The number of thiazole rings is 1. The van der Waals surface area contributed by atoms with Gasteiger partial charge in [0.2, 0.25) is 0 Å². The summed E-state index contributed by atoms with van der Waals surface area (Å²) < 4.78 is 5.19. The molecule has 4 rings (SSSR count). The summed E-state index contributed by atoms with van der Waals surface area (Å²) in [6.45, 7) is 1.76. The Bertz CT molecular complexity index is 1060. The third kappa shape index (κ3) is 4.94. The minimum absolute atomic E-state index is 0.0171. The highest BCUT2D eigenvalue weighted by molar-refractivity contribution is 7.13. The molecule has 0 aliphatic heterocycles. The van der Waals surface area contributed by atoms with Crippen LogP contribution in [0.25, 0.3) is 10.6 Å². The fourth-order valence-corrected chi connectivity index (χ4v) is 4.60. The molecule has 0 spiro atoms. The molecule has 5 nitrogen and oxygen atoms in total. The SMILES string of the molecule is Cc1cccc(-c2nc(CC(=O)OCC(=O)N[C@H]3CCCc4ccccc43)cs2)c1. The third-order valence-electron chi connectivity index (χ3n) is 5.21. The number of esters is 1. The number of amides is 1. The topological polar surface area (TPSA) is 68.3 Å². The lowest BCUT2D eigenvalue weighted by atomic mass is 9.88. The molecule has 2 aromatic carbocycles. The molecule has 3 aromatic rings. The Morgan fingerprint density at radius 2 is 2.07 bits per heavy atom. The number of aryl methyl sites for hydroxylation is 2. The molecule has 6 heteroatoms. The Labute approximate surface area is 180 Å². The standard InChI is InChI=1S/C24H24N2O3S/c1-16-6-4-9-18(12-16)24-25-19(15-30-24)13-23(28)29-14-22(27)26-21-11-5-8-17-7-2-3-10-20(17)21/h2-4,6-7,9-10,12,15,21H,5,8,11,13-14H2,1H3,(H,26,27)/t21-/m0/s1. The number of ether oxygens (including phenoxy) is 1. The molecule has 0 saturated carbocycles. The molecule has 1 aliphatic rings. The Balaban J connectivity index is 1.28. The van der Waals surface area contributed by atoms with Gasteiger partial charge in [-0.25, -0.2) is 4.98 Å². The van der Waals surface area contributed by atoms with Gasteiger partial charge in [0.15, 0.2) is 6.61 Å². The van der Waals surface area contributed by atoms with Crippen molar-refractivity contribution in [3.8, 4) is 10.6 Å². The molecule has 0 unspecified atom stereocenters. The van der Waals surface area contributed by atoms with Crippen LogP contribution in [0.2, 0.25) is 0 Å². The van der Waals surface area contributed by atoms with Gasteiger partial charge in [0, 0.05) is 10.9 Å². The first kappa shape index (κ1) is 20.3. The highest BCUT2D eigenvalue weighted by atomic mass is 32.1. The van der Waals surface area contributed by atoms with E-state index in [0.29, 0.717) is 5.69 Å². The zero-order chi connectivity index (χ0) is 20.9. The number of benzene rings is 2. The Kier molecular flexibility index (Phi) is 6.23. The van der Waals surface area contributed by atoms with E-state index in [9.17, 15) is 9.59 Å². The molecule has 1 aromatic heterocycles. The lowest BCUT2D eigenvalue weighted by Crippen LogP contribution is -2.34.